The Kier molecular flexibility index (Phi) is 4.21. The van der Waals surface area contributed by atoms with E-state index >= 15 is 0 Å². The zero-order valence-electron chi connectivity index (χ0n) is 4.04. The van der Waals surface area contributed by atoms with Crippen LogP contribution < -0.4 is 5.73 Å². The van der Waals surface area contributed by atoms with E-state index in [1.807, 2.05) is 0 Å². The first-order valence-electron chi connectivity index (χ1n) is 1.92. The molecule has 0 aliphatic heterocycles. The fourth-order valence-electron chi connectivity index (χ4n) is 0.160. The number of rotatable bonds is 2. The minimum absolute atomic E-state index is 1.41. The molecule has 0 spiro atoms. The van der Waals surface area contributed by atoms with Crippen molar-refractivity contribution in [2.45, 2.75) is 0 Å². The van der Waals surface area contributed by atoms with Crippen LogP contribution in [-0.2, 0) is 0 Å². The van der Waals surface area contributed by atoms with Gasteiger partial charge in [0.05, 0.1) is 0 Å². The van der Waals surface area contributed by atoms with Gasteiger partial charge in [-0.25, -0.2) is 0 Å². The number of aliphatic imine (C=N–C) groups is 1. The van der Waals surface area contributed by atoms with Crippen LogP contribution in [0.15, 0.2) is 30.0 Å². The Hall–Kier alpha value is -1.05. The van der Waals surface area contributed by atoms with Gasteiger partial charge in [-0.05, 0) is 12.3 Å². The lowest BCUT2D eigenvalue weighted by Crippen LogP contribution is -1.74. The number of hydrogen-bond acceptors (Lipinski definition) is 2. The van der Waals surface area contributed by atoms with Crippen LogP contribution in [0.3, 0.4) is 0 Å². The van der Waals surface area contributed by atoms with Crippen molar-refractivity contribution in [3.8, 4) is 0 Å². The number of nitrogens with zero attached hydrogens (tertiary/aromatic N) is 1. The highest BCUT2D eigenvalue weighted by atomic mass is 14.6. The molecule has 0 heterocycles. The molecule has 0 aromatic rings. The Morgan fingerprint density at radius 2 is 2.29 bits per heavy atom. The van der Waals surface area contributed by atoms with Crippen molar-refractivity contribution in [2.24, 2.45) is 10.7 Å². The molecule has 0 aromatic carbocycles. The summed E-state index contributed by atoms with van der Waals surface area (Å²) in [4.78, 5) is 3.63. The molecule has 0 radical (unpaired) electrons. The van der Waals surface area contributed by atoms with Gasteiger partial charge in [0.1, 0.15) is 0 Å². The van der Waals surface area contributed by atoms with Crippen molar-refractivity contribution in [2.75, 3.05) is 0 Å². The quantitative estimate of drug-likeness (QED) is 0.504. The number of allylic oxidation sites excluding steroid dienone is 1. The third-order valence-corrected chi connectivity index (χ3v) is 0.389. The third kappa shape index (κ3) is 4.95. The Morgan fingerprint density at radius 3 is 2.71 bits per heavy atom. The van der Waals surface area contributed by atoms with Crippen molar-refractivity contribution in [3.63, 3.8) is 0 Å². The highest BCUT2D eigenvalue weighted by molar-refractivity contribution is 5.71. The molecule has 2 nitrogen and oxygen atoms in total. The maximum Gasteiger partial charge on any atom is 0.0281 e. The lowest BCUT2D eigenvalue weighted by atomic mass is 10.7. The van der Waals surface area contributed by atoms with Crippen LogP contribution in [0.4, 0.5) is 0 Å². The predicted molar refractivity (Wildman–Crippen MR) is 32.0 cm³/mol. The average Bonchev–Trinajstić information content (AvgIpc) is 1.69. The van der Waals surface area contributed by atoms with Crippen LogP contribution in [0, 0.1) is 0 Å². The molecule has 0 bridgehead atoms. The van der Waals surface area contributed by atoms with Crippen LogP contribution in [-0.4, -0.2) is 6.21 Å². The van der Waals surface area contributed by atoms with Gasteiger partial charge in [-0.15, -0.1) is 0 Å². The summed E-state index contributed by atoms with van der Waals surface area (Å²) in [7, 11) is 0. The third-order valence-electron chi connectivity index (χ3n) is 0.389. The normalized spacial score (nSPS) is 10.9. The SMILES string of the molecule is C=CN=C/C=C\N. The molecule has 0 saturated carbocycles. The van der Waals surface area contributed by atoms with Crippen molar-refractivity contribution >= 4 is 6.21 Å². The Bertz CT molecular complexity index is 92.3. The Balaban J connectivity index is 3.27. The highest BCUT2D eigenvalue weighted by Gasteiger charge is 1.52. The molecule has 0 saturated heterocycles. The van der Waals surface area contributed by atoms with E-state index in [9.17, 15) is 0 Å². The highest BCUT2D eigenvalue weighted by Crippen LogP contribution is 1.63. The largest absolute Gasteiger partial charge is 0.405 e. The summed E-state index contributed by atoms with van der Waals surface area (Å²) in [6.07, 6.45) is 6.04. The van der Waals surface area contributed by atoms with Crippen LogP contribution in [0.25, 0.3) is 0 Å². The summed E-state index contributed by atoms with van der Waals surface area (Å²) in [6.45, 7) is 3.36. The van der Waals surface area contributed by atoms with Crippen molar-refractivity contribution < 1.29 is 0 Å². The second kappa shape index (κ2) is 4.95. The van der Waals surface area contributed by atoms with Gasteiger partial charge in [-0.1, -0.05) is 6.58 Å². The monoisotopic (exact) mass is 96.1 g/mol. The predicted octanol–water partition coefficient (Wildman–Crippen LogP) is 0.673. The van der Waals surface area contributed by atoms with Gasteiger partial charge in [0.2, 0.25) is 0 Å². The lowest BCUT2D eigenvalue weighted by Gasteiger charge is -1.66. The Morgan fingerprint density at radius 1 is 1.57 bits per heavy atom. The number of nitrogens with two attached hydrogens (primary N) is 1. The van der Waals surface area contributed by atoms with Crippen LogP contribution >= 0.6 is 0 Å². The number of hydrogen-bond donors (Lipinski definition) is 1. The summed E-state index contributed by atoms with van der Waals surface area (Å²) in [5.41, 5.74) is 4.96. The van der Waals surface area contributed by atoms with Gasteiger partial charge in [0, 0.05) is 12.4 Å². The maximum absolute atomic E-state index is 4.96. The zero-order valence-corrected chi connectivity index (χ0v) is 4.04. The molecule has 0 aliphatic carbocycles. The van der Waals surface area contributed by atoms with Gasteiger partial charge >= 0.3 is 0 Å². The van der Waals surface area contributed by atoms with Crippen LogP contribution in [0.2, 0.25) is 0 Å². The molecule has 0 rings (SSSR count). The first-order chi connectivity index (χ1) is 3.41. The molecule has 0 unspecified atom stereocenters. The molecule has 0 atom stereocenters. The summed E-state index contributed by atoms with van der Waals surface area (Å²) < 4.78 is 0. The molecule has 0 amide bonds. The summed E-state index contributed by atoms with van der Waals surface area (Å²) in [5, 5.41) is 0. The van der Waals surface area contributed by atoms with E-state index in [4.69, 9.17) is 5.73 Å². The maximum atomic E-state index is 4.96. The summed E-state index contributed by atoms with van der Waals surface area (Å²) in [6, 6.07) is 0. The Labute approximate surface area is 43.1 Å². The minimum atomic E-state index is 1.41. The molecular weight excluding hydrogens is 88.1 g/mol. The van der Waals surface area contributed by atoms with E-state index in [0.29, 0.717) is 0 Å². The van der Waals surface area contributed by atoms with E-state index in [1.165, 1.54) is 12.4 Å². The summed E-state index contributed by atoms with van der Waals surface area (Å²) in [5.74, 6) is 0. The molecule has 0 aromatic heterocycles. The molecule has 7 heavy (non-hydrogen) atoms. The van der Waals surface area contributed by atoms with Crippen LogP contribution in [0.1, 0.15) is 0 Å². The smallest absolute Gasteiger partial charge is 0.0281 e. The molecule has 2 heteroatoms. The second-order valence-corrected chi connectivity index (χ2v) is 0.866. The fourth-order valence-corrected chi connectivity index (χ4v) is 0.160. The fraction of sp³-hybridized carbons (Fsp3) is 0. The second-order valence-electron chi connectivity index (χ2n) is 0.866. The van der Waals surface area contributed by atoms with E-state index in [-0.39, 0.29) is 0 Å². The topological polar surface area (TPSA) is 38.4 Å². The lowest BCUT2D eigenvalue weighted by molar-refractivity contribution is 1.59. The van der Waals surface area contributed by atoms with E-state index < -0.39 is 0 Å². The van der Waals surface area contributed by atoms with Crippen LogP contribution in [0.5, 0.6) is 0 Å². The van der Waals surface area contributed by atoms with E-state index in [0.717, 1.165) is 0 Å². The minimum Gasteiger partial charge on any atom is -0.405 e. The average molecular weight is 96.1 g/mol. The van der Waals surface area contributed by atoms with Crippen molar-refractivity contribution in [1.29, 1.82) is 0 Å². The van der Waals surface area contributed by atoms with Gasteiger partial charge in [-0.3, -0.25) is 4.99 Å². The summed E-state index contributed by atoms with van der Waals surface area (Å²) >= 11 is 0. The molecule has 38 valence electrons. The molecule has 0 aliphatic rings. The molecule has 0 fully saturated rings. The first kappa shape index (κ1) is 5.95. The first-order valence-corrected chi connectivity index (χ1v) is 1.92. The standard InChI is InChI=1S/C5H8N2/c1-2-7-5-3-4-6/h2-5H,1,6H2/b4-3-,7-5?. The van der Waals surface area contributed by atoms with E-state index in [2.05, 4.69) is 11.6 Å². The zero-order chi connectivity index (χ0) is 5.54. The van der Waals surface area contributed by atoms with Gasteiger partial charge in [0.25, 0.3) is 0 Å². The molecular formula is C5H8N2. The van der Waals surface area contributed by atoms with E-state index in [1.54, 1.807) is 12.3 Å². The van der Waals surface area contributed by atoms with Gasteiger partial charge in [0.15, 0.2) is 0 Å². The van der Waals surface area contributed by atoms with Gasteiger partial charge < -0.3 is 5.73 Å². The van der Waals surface area contributed by atoms with Crippen molar-refractivity contribution in [3.05, 3.63) is 25.1 Å². The molecule has 2 N–H and O–H groups in total. The van der Waals surface area contributed by atoms with Gasteiger partial charge in [-0.2, -0.15) is 0 Å². The van der Waals surface area contributed by atoms with Crippen molar-refractivity contribution in [1.82, 2.24) is 0 Å².